The van der Waals surface area contributed by atoms with E-state index in [1.807, 2.05) is 0 Å². The van der Waals surface area contributed by atoms with Crippen LogP contribution in [0.3, 0.4) is 0 Å². The van der Waals surface area contributed by atoms with Gasteiger partial charge in [0.05, 0.1) is 16.0 Å². The minimum absolute atomic E-state index is 0. The van der Waals surface area contributed by atoms with Crippen molar-refractivity contribution < 1.29 is 22.9 Å². The fourth-order valence-electron chi connectivity index (χ4n) is 3.80. The molecule has 11 heteroatoms. The molecule has 1 aromatic rings. The first-order valence-corrected chi connectivity index (χ1v) is 8.81. The summed E-state index contributed by atoms with van der Waals surface area (Å²) in [6.07, 6.45) is -1.52. The van der Waals surface area contributed by atoms with Gasteiger partial charge in [-0.2, -0.15) is 13.2 Å². The number of hydrogen-bond donors (Lipinski definition) is 1. The van der Waals surface area contributed by atoms with Gasteiger partial charge in [0.25, 0.3) is 5.69 Å². The maximum absolute atomic E-state index is 12.8. The van der Waals surface area contributed by atoms with Crippen molar-refractivity contribution in [3.8, 4) is 0 Å². The molecular formula is C17H22ClF3N4O3. The number of hydrogen-bond acceptors (Lipinski definition) is 5. The number of benzene rings is 1. The molecule has 156 valence electrons. The number of halogens is 4. The quantitative estimate of drug-likeness (QED) is 0.597. The third-order valence-corrected chi connectivity index (χ3v) is 5.33. The Kier molecular flexibility index (Phi) is 6.44. The third kappa shape index (κ3) is 4.33. The van der Waals surface area contributed by atoms with Crippen LogP contribution < -0.4 is 10.6 Å². The minimum Gasteiger partial charge on any atom is -0.362 e. The normalized spacial score (nSPS) is 19.3. The number of nitro groups is 1. The Morgan fingerprint density at radius 1 is 1.14 bits per heavy atom. The number of rotatable bonds is 3. The number of amides is 1. The van der Waals surface area contributed by atoms with E-state index in [2.05, 4.69) is 0 Å². The summed E-state index contributed by atoms with van der Waals surface area (Å²) in [5, 5.41) is 11.3. The number of nitro benzene ring substituents is 1. The van der Waals surface area contributed by atoms with Crippen LogP contribution >= 0.6 is 12.4 Å². The van der Waals surface area contributed by atoms with Crippen molar-refractivity contribution in [2.75, 3.05) is 31.1 Å². The van der Waals surface area contributed by atoms with Gasteiger partial charge in [-0.1, -0.05) is 12.8 Å². The second-order valence-electron chi connectivity index (χ2n) is 7.10. The number of alkyl halides is 3. The molecule has 1 aliphatic heterocycles. The highest BCUT2D eigenvalue weighted by molar-refractivity contribution is 5.86. The van der Waals surface area contributed by atoms with Crippen LogP contribution in [0.25, 0.3) is 0 Å². The lowest BCUT2D eigenvalue weighted by molar-refractivity contribution is -0.384. The molecule has 0 atom stereocenters. The largest absolute Gasteiger partial charge is 0.416 e. The summed E-state index contributed by atoms with van der Waals surface area (Å²) in [6, 6.07) is 2.52. The number of anilines is 1. The Bertz CT molecular complexity index is 746. The van der Waals surface area contributed by atoms with Crippen molar-refractivity contribution in [3.63, 3.8) is 0 Å². The molecule has 3 rings (SSSR count). The van der Waals surface area contributed by atoms with E-state index in [4.69, 9.17) is 5.73 Å². The summed E-state index contributed by atoms with van der Waals surface area (Å²) >= 11 is 0. The van der Waals surface area contributed by atoms with Gasteiger partial charge in [0.2, 0.25) is 5.91 Å². The average Bonchev–Trinajstić information content (AvgIpc) is 3.08. The summed E-state index contributed by atoms with van der Waals surface area (Å²) < 4.78 is 38.5. The molecule has 0 unspecified atom stereocenters. The number of nitrogens with two attached hydrogens (primary N) is 1. The van der Waals surface area contributed by atoms with Crippen LogP contribution in [0.2, 0.25) is 0 Å². The zero-order valence-corrected chi connectivity index (χ0v) is 15.9. The number of carbonyl (C=O) groups is 1. The van der Waals surface area contributed by atoms with Gasteiger partial charge in [-0.3, -0.25) is 14.9 Å². The average molecular weight is 423 g/mol. The van der Waals surface area contributed by atoms with Crippen molar-refractivity contribution in [3.05, 3.63) is 33.9 Å². The van der Waals surface area contributed by atoms with E-state index in [9.17, 15) is 28.1 Å². The van der Waals surface area contributed by atoms with Gasteiger partial charge in [-0.05, 0) is 25.0 Å². The van der Waals surface area contributed by atoms with Crippen molar-refractivity contribution in [1.29, 1.82) is 0 Å². The fourth-order valence-corrected chi connectivity index (χ4v) is 3.80. The van der Waals surface area contributed by atoms with Gasteiger partial charge in [-0.15, -0.1) is 12.4 Å². The number of nitrogens with zero attached hydrogens (tertiary/aromatic N) is 3. The summed E-state index contributed by atoms with van der Waals surface area (Å²) in [7, 11) is 0. The van der Waals surface area contributed by atoms with E-state index in [1.165, 1.54) is 0 Å². The van der Waals surface area contributed by atoms with Crippen LogP contribution in [0, 0.1) is 10.1 Å². The highest BCUT2D eigenvalue weighted by Gasteiger charge is 2.41. The molecule has 1 aliphatic carbocycles. The Labute approximate surface area is 166 Å². The van der Waals surface area contributed by atoms with E-state index in [0.717, 1.165) is 25.0 Å². The predicted molar refractivity (Wildman–Crippen MR) is 99.5 cm³/mol. The van der Waals surface area contributed by atoms with E-state index in [0.29, 0.717) is 45.1 Å². The molecule has 1 saturated carbocycles. The summed E-state index contributed by atoms with van der Waals surface area (Å²) in [5.41, 5.74) is 3.85. The number of carbonyl (C=O) groups excluding carboxylic acids is 1. The van der Waals surface area contributed by atoms with E-state index in [1.54, 1.807) is 9.80 Å². The second-order valence-corrected chi connectivity index (χ2v) is 7.10. The standard InChI is InChI=1S/C17H21F3N4O3.ClH/c18-17(19,20)12-3-4-13(14(11-12)24(26)27)22-7-9-23(10-8-22)15(25)16(21)5-1-2-6-16;/h3-4,11H,1-2,5-10,21H2;1H. The lowest BCUT2D eigenvalue weighted by Gasteiger charge is -2.39. The molecule has 2 aliphatic rings. The highest BCUT2D eigenvalue weighted by atomic mass is 35.5. The Balaban J connectivity index is 0.00000280. The van der Waals surface area contributed by atoms with Gasteiger partial charge < -0.3 is 15.5 Å². The predicted octanol–water partition coefficient (Wildman–Crippen LogP) is 2.96. The molecule has 1 aromatic carbocycles. The topological polar surface area (TPSA) is 92.7 Å². The van der Waals surface area contributed by atoms with Crippen LogP contribution in [-0.4, -0.2) is 47.4 Å². The zero-order chi connectivity index (χ0) is 19.8. The molecule has 0 radical (unpaired) electrons. The first kappa shape index (κ1) is 22.2. The molecular weight excluding hydrogens is 401 g/mol. The smallest absolute Gasteiger partial charge is 0.362 e. The molecule has 2 N–H and O–H groups in total. The third-order valence-electron chi connectivity index (χ3n) is 5.33. The van der Waals surface area contributed by atoms with Crippen LogP contribution in [0.5, 0.6) is 0 Å². The zero-order valence-electron chi connectivity index (χ0n) is 15.1. The molecule has 1 saturated heterocycles. The van der Waals surface area contributed by atoms with Crippen molar-refractivity contribution in [1.82, 2.24) is 4.90 Å². The van der Waals surface area contributed by atoms with Crippen LogP contribution in [0.15, 0.2) is 18.2 Å². The van der Waals surface area contributed by atoms with Crippen LogP contribution in [0.4, 0.5) is 24.5 Å². The maximum atomic E-state index is 12.8. The summed E-state index contributed by atoms with van der Waals surface area (Å²) in [6.45, 7) is 1.26. The van der Waals surface area contributed by atoms with Crippen molar-refractivity contribution in [2.24, 2.45) is 5.73 Å². The Hall–Kier alpha value is -2.07. The lowest BCUT2D eigenvalue weighted by Crippen LogP contribution is -2.58. The lowest BCUT2D eigenvalue weighted by atomic mass is 9.97. The van der Waals surface area contributed by atoms with Gasteiger partial charge in [0, 0.05) is 32.2 Å². The molecule has 7 nitrogen and oxygen atoms in total. The van der Waals surface area contributed by atoms with Gasteiger partial charge in [0.15, 0.2) is 0 Å². The number of piperazine rings is 1. The molecule has 2 fully saturated rings. The fraction of sp³-hybridized carbons (Fsp3) is 0.588. The molecule has 28 heavy (non-hydrogen) atoms. The van der Waals surface area contributed by atoms with Gasteiger partial charge in [0.1, 0.15) is 5.69 Å². The van der Waals surface area contributed by atoms with Crippen LogP contribution in [-0.2, 0) is 11.0 Å². The Morgan fingerprint density at radius 3 is 2.21 bits per heavy atom. The molecule has 1 amide bonds. The minimum atomic E-state index is -4.65. The first-order valence-electron chi connectivity index (χ1n) is 8.81. The van der Waals surface area contributed by atoms with E-state index >= 15 is 0 Å². The molecule has 0 bridgehead atoms. The van der Waals surface area contributed by atoms with E-state index in [-0.39, 0.29) is 24.0 Å². The Morgan fingerprint density at radius 2 is 1.71 bits per heavy atom. The molecule has 0 aromatic heterocycles. The maximum Gasteiger partial charge on any atom is 0.416 e. The van der Waals surface area contributed by atoms with E-state index < -0.39 is 27.9 Å². The summed E-state index contributed by atoms with van der Waals surface area (Å²) in [4.78, 5) is 26.4. The van der Waals surface area contributed by atoms with Gasteiger partial charge in [-0.25, -0.2) is 0 Å². The van der Waals surface area contributed by atoms with Crippen molar-refractivity contribution in [2.45, 2.75) is 37.4 Å². The highest BCUT2D eigenvalue weighted by Crippen LogP contribution is 2.37. The SMILES string of the molecule is Cl.NC1(C(=O)N2CCN(c3ccc(C(F)(F)F)cc3[N+](=O)[O-])CC2)CCCC1. The molecule has 1 heterocycles. The van der Waals surface area contributed by atoms with Gasteiger partial charge >= 0.3 is 6.18 Å². The van der Waals surface area contributed by atoms with Crippen LogP contribution in [0.1, 0.15) is 31.2 Å². The first-order chi connectivity index (χ1) is 12.6. The molecule has 0 spiro atoms. The van der Waals surface area contributed by atoms with Crippen molar-refractivity contribution >= 4 is 29.7 Å². The monoisotopic (exact) mass is 422 g/mol. The second kappa shape index (κ2) is 8.12. The summed E-state index contributed by atoms with van der Waals surface area (Å²) in [5.74, 6) is -0.110.